The van der Waals surface area contributed by atoms with Crippen molar-refractivity contribution >= 4 is 34.0 Å². The summed E-state index contributed by atoms with van der Waals surface area (Å²) in [7, 11) is 0. The van der Waals surface area contributed by atoms with Gasteiger partial charge in [-0.2, -0.15) is 0 Å². The first-order valence-corrected chi connectivity index (χ1v) is 4.94. The SMILES string of the molecule is Oc1ccc(O)c2c(O)c(Cl)c(Cl)c(O)c12. The lowest BCUT2D eigenvalue weighted by Gasteiger charge is -2.10. The van der Waals surface area contributed by atoms with Gasteiger partial charge in [0, 0.05) is 0 Å². The van der Waals surface area contributed by atoms with Gasteiger partial charge in [0.05, 0.1) is 10.8 Å². The summed E-state index contributed by atoms with van der Waals surface area (Å²) in [6.45, 7) is 0. The van der Waals surface area contributed by atoms with Crippen LogP contribution in [0, 0.1) is 0 Å². The number of hydrogen-bond acceptors (Lipinski definition) is 4. The first-order chi connectivity index (χ1) is 7.45. The van der Waals surface area contributed by atoms with Crippen molar-refractivity contribution in [1.29, 1.82) is 0 Å². The van der Waals surface area contributed by atoms with Gasteiger partial charge in [0.1, 0.15) is 33.0 Å². The predicted molar refractivity (Wildman–Crippen MR) is 60.6 cm³/mol. The molecule has 0 saturated heterocycles. The van der Waals surface area contributed by atoms with E-state index in [1.54, 1.807) is 0 Å². The number of rotatable bonds is 0. The Labute approximate surface area is 99.9 Å². The molecule has 2 aromatic carbocycles. The van der Waals surface area contributed by atoms with E-state index in [1.165, 1.54) is 12.1 Å². The Hall–Kier alpha value is -1.52. The molecule has 0 bridgehead atoms. The van der Waals surface area contributed by atoms with Crippen LogP contribution < -0.4 is 0 Å². The van der Waals surface area contributed by atoms with Crippen molar-refractivity contribution < 1.29 is 20.4 Å². The fourth-order valence-electron chi connectivity index (χ4n) is 1.49. The Kier molecular flexibility index (Phi) is 2.40. The summed E-state index contributed by atoms with van der Waals surface area (Å²) in [6.07, 6.45) is 0. The van der Waals surface area contributed by atoms with E-state index in [0.717, 1.165) is 0 Å². The largest absolute Gasteiger partial charge is 0.507 e. The van der Waals surface area contributed by atoms with Crippen LogP contribution in [0.15, 0.2) is 12.1 Å². The average Bonchev–Trinajstić information content (AvgIpc) is 2.26. The molecule has 0 aromatic heterocycles. The molecule has 0 fully saturated rings. The Morgan fingerprint density at radius 2 is 1.00 bits per heavy atom. The Balaban J connectivity index is 3.14. The molecule has 0 aliphatic heterocycles. The Bertz CT molecular complexity index is 543. The molecule has 0 amide bonds. The van der Waals surface area contributed by atoms with Gasteiger partial charge >= 0.3 is 0 Å². The minimum atomic E-state index is -0.493. The molecule has 84 valence electrons. The maximum atomic E-state index is 9.67. The summed E-state index contributed by atoms with van der Waals surface area (Å²) in [5, 5.41) is 37.5. The van der Waals surface area contributed by atoms with E-state index in [-0.39, 0.29) is 32.3 Å². The summed E-state index contributed by atoms with van der Waals surface area (Å²) in [6, 6.07) is 2.34. The molecule has 6 heteroatoms. The number of aromatic hydroxyl groups is 4. The maximum Gasteiger partial charge on any atom is 0.147 e. The summed E-state index contributed by atoms with van der Waals surface area (Å²) in [5.41, 5.74) is 0. The highest BCUT2D eigenvalue weighted by Crippen LogP contribution is 2.50. The summed E-state index contributed by atoms with van der Waals surface area (Å²) < 4.78 is 0. The van der Waals surface area contributed by atoms with Crippen molar-refractivity contribution in [3.05, 3.63) is 22.2 Å². The lowest BCUT2D eigenvalue weighted by Crippen LogP contribution is -1.82. The molecule has 16 heavy (non-hydrogen) atoms. The van der Waals surface area contributed by atoms with E-state index in [0.29, 0.717) is 0 Å². The lowest BCUT2D eigenvalue weighted by molar-refractivity contribution is 0.447. The third kappa shape index (κ3) is 1.31. The van der Waals surface area contributed by atoms with Crippen LogP contribution in [-0.4, -0.2) is 20.4 Å². The Morgan fingerprint density at radius 1 is 0.688 bits per heavy atom. The molecule has 0 atom stereocenters. The molecule has 4 N–H and O–H groups in total. The van der Waals surface area contributed by atoms with Gasteiger partial charge in [-0.05, 0) is 12.1 Å². The predicted octanol–water partition coefficient (Wildman–Crippen LogP) is 2.97. The van der Waals surface area contributed by atoms with Gasteiger partial charge in [0.2, 0.25) is 0 Å². The van der Waals surface area contributed by atoms with E-state index in [1.807, 2.05) is 0 Å². The quantitative estimate of drug-likeness (QED) is 0.549. The molecule has 4 nitrogen and oxygen atoms in total. The van der Waals surface area contributed by atoms with Crippen LogP contribution in [0.25, 0.3) is 10.8 Å². The number of fused-ring (bicyclic) bond motifs is 1. The van der Waals surface area contributed by atoms with Crippen molar-refractivity contribution in [3.63, 3.8) is 0 Å². The molecule has 0 aliphatic carbocycles. The van der Waals surface area contributed by atoms with Gasteiger partial charge < -0.3 is 20.4 Å². The van der Waals surface area contributed by atoms with Crippen LogP contribution in [0.4, 0.5) is 0 Å². The van der Waals surface area contributed by atoms with Crippen LogP contribution in [0.3, 0.4) is 0 Å². The number of phenolic OH excluding ortho intramolecular Hbond substituents is 4. The van der Waals surface area contributed by atoms with E-state index in [4.69, 9.17) is 23.2 Å². The van der Waals surface area contributed by atoms with Crippen molar-refractivity contribution in [1.82, 2.24) is 0 Å². The first kappa shape index (κ1) is 11.0. The molecule has 0 aliphatic rings. The summed E-state index contributed by atoms with van der Waals surface area (Å²) in [5.74, 6) is -1.63. The highest BCUT2D eigenvalue weighted by Gasteiger charge is 2.21. The third-order valence-electron chi connectivity index (χ3n) is 2.24. The minimum absolute atomic E-state index is 0.146. The number of halogens is 2. The zero-order valence-electron chi connectivity index (χ0n) is 7.70. The van der Waals surface area contributed by atoms with Gasteiger partial charge in [-0.3, -0.25) is 0 Å². The molecular formula is C10H6Cl2O4. The highest BCUT2D eigenvalue weighted by molar-refractivity contribution is 6.45. The molecule has 0 heterocycles. The minimum Gasteiger partial charge on any atom is -0.507 e. The molecule has 0 saturated carbocycles. The maximum absolute atomic E-state index is 9.67. The zero-order chi connectivity index (χ0) is 12.0. The first-order valence-electron chi connectivity index (χ1n) is 4.18. The van der Waals surface area contributed by atoms with Crippen molar-refractivity contribution in [3.8, 4) is 23.0 Å². The lowest BCUT2D eigenvalue weighted by atomic mass is 10.1. The van der Waals surface area contributed by atoms with E-state index < -0.39 is 11.5 Å². The van der Waals surface area contributed by atoms with Crippen LogP contribution in [0.1, 0.15) is 0 Å². The smallest absolute Gasteiger partial charge is 0.147 e. The van der Waals surface area contributed by atoms with Gasteiger partial charge in [0.15, 0.2) is 0 Å². The second-order valence-electron chi connectivity index (χ2n) is 3.18. The number of phenols is 4. The molecule has 2 aromatic rings. The van der Waals surface area contributed by atoms with Crippen LogP contribution in [0.5, 0.6) is 23.0 Å². The molecule has 0 unspecified atom stereocenters. The van der Waals surface area contributed by atoms with Crippen LogP contribution in [-0.2, 0) is 0 Å². The van der Waals surface area contributed by atoms with Crippen LogP contribution in [0.2, 0.25) is 10.0 Å². The normalized spacial score (nSPS) is 10.9. The topological polar surface area (TPSA) is 80.9 Å². The number of hydrogen-bond donors (Lipinski definition) is 4. The third-order valence-corrected chi connectivity index (χ3v) is 3.08. The van der Waals surface area contributed by atoms with Gasteiger partial charge in [0.25, 0.3) is 0 Å². The second kappa shape index (κ2) is 3.50. The van der Waals surface area contributed by atoms with Gasteiger partial charge in [-0.25, -0.2) is 0 Å². The average molecular weight is 261 g/mol. The zero-order valence-corrected chi connectivity index (χ0v) is 9.21. The molecular weight excluding hydrogens is 255 g/mol. The second-order valence-corrected chi connectivity index (χ2v) is 3.93. The number of benzene rings is 2. The molecule has 0 spiro atoms. The fraction of sp³-hybridized carbons (Fsp3) is 0. The van der Waals surface area contributed by atoms with E-state index >= 15 is 0 Å². The highest BCUT2D eigenvalue weighted by atomic mass is 35.5. The monoisotopic (exact) mass is 260 g/mol. The summed E-state index contributed by atoms with van der Waals surface area (Å²) in [4.78, 5) is 0. The van der Waals surface area contributed by atoms with Crippen molar-refractivity contribution in [2.75, 3.05) is 0 Å². The standard InChI is InChI=1S/C10H6Cl2O4/c11-7-8(12)10(16)6-4(14)2-1-3(13)5(6)9(7)15/h1-2,13-16H. The molecule has 0 radical (unpaired) electrons. The fourth-order valence-corrected chi connectivity index (χ4v) is 1.86. The van der Waals surface area contributed by atoms with Crippen molar-refractivity contribution in [2.45, 2.75) is 0 Å². The molecule has 2 rings (SSSR count). The van der Waals surface area contributed by atoms with Gasteiger partial charge in [-0.15, -0.1) is 0 Å². The van der Waals surface area contributed by atoms with Crippen molar-refractivity contribution in [2.24, 2.45) is 0 Å². The van der Waals surface area contributed by atoms with Gasteiger partial charge in [-0.1, -0.05) is 23.2 Å². The Morgan fingerprint density at radius 3 is 1.31 bits per heavy atom. The van der Waals surface area contributed by atoms with Crippen LogP contribution >= 0.6 is 23.2 Å². The summed E-state index contributed by atoms with van der Waals surface area (Å²) >= 11 is 11.3. The van der Waals surface area contributed by atoms with E-state index in [9.17, 15) is 20.4 Å². The van der Waals surface area contributed by atoms with E-state index in [2.05, 4.69) is 0 Å².